The minimum atomic E-state index is -0.421. The number of hydrogen-bond acceptors (Lipinski definition) is 2. The van der Waals surface area contributed by atoms with Gasteiger partial charge in [-0.05, 0) is 30.9 Å². The lowest BCUT2D eigenvalue weighted by atomic mass is 9.76. The Bertz CT molecular complexity index is 609. The Labute approximate surface area is 134 Å². The Hall–Kier alpha value is -1.51. The van der Waals surface area contributed by atoms with Crippen LogP contribution < -0.4 is 0 Å². The van der Waals surface area contributed by atoms with Gasteiger partial charge in [-0.1, -0.05) is 66.5 Å². The Balaban J connectivity index is 1.91. The lowest BCUT2D eigenvalue weighted by molar-refractivity contribution is 0.106. The standard InChI is InChI=1S/C18H19B2NO/c1-20-21-13-16(19)12-17(21)18(22-20,14-8-4-2-5-9-14)15-10-6-3-7-11-15/h2-11,16-17H,12-13H2,1H3. The summed E-state index contributed by atoms with van der Waals surface area (Å²) in [6.07, 6.45) is 0.966. The van der Waals surface area contributed by atoms with Crippen molar-refractivity contribution in [3.8, 4) is 0 Å². The average molecular weight is 287 g/mol. The molecule has 2 aromatic carbocycles. The highest BCUT2D eigenvalue weighted by molar-refractivity contribution is 6.48. The third kappa shape index (κ3) is 1.98. The monoisotopic (exact) mass is 287 g/mol. The quantitative estimate of drug-likeness (QED) is 0.787. The van der Waals surface area contributed by atoms with Crippen molar-refractivity contribution in [3.63, 3.8) is 0 Å². The van der Waals surface area contributed by atoms with Gasteiger partial charge < -0.3 is 9.47 Å². The molecule has 2 radical (unpaired) electrons. The molecule has 2 nitrogen and oxygen atoms in total. The van der Waals surface area contributed by atoms with E-state index in [4.69, 9.17) is 12.5 Å². The molecule has 0 amide bonds. The fourth-order valence-corrected chi connectivity index (χ4v) is 4.17. The molecule has 2 unspecified atom stereocenters. The van der Waals surface area contributed by atoms with Gasteiger partial charge in [0.15, 0.2) is 0 Å². The molecule has 0 spiro atoms. The Kier molecular flexibility index (Phi) is 3.39. The number of hydrogen-bond donors (Lipinski definition) is 0. The van der Waals surface area contributed by atoms with Gasteiger partial charge in [-0.15, -0.1) is 0 Å². The summed E-state index contributed by atoms with van der Waals surface area (Å²) < 4.78 is 6.61. The van der Waals surface area contributed by atoms with Gasteiger partial charge in [-0.3, -0.25) is 0 Å². The molecule has 22 heavy (non-hydrogen) atoms. The van der Waals surface area contributed by atoms with Crippen molar-refractivity contribution in [2.75, 3.05) is 6.54 Å². The number of fused-ring (bicyclic) bond motifs is 1. The summed E-state index contributed by atoms with van der Waals surface area (Å²) in [5.74, 6) is 0.225. The van der Waals surface area contributed by atoms with E-state index in [9.17, 15) is 0 Å². The first kappa shape index (κ1) is 14.1. The minimum absolute atomic E-state index is 0.0824. The molecule has 0 bridgehead atoms. The van der Waals surface area contributed by atoms with Crippen LogP contribution in [0.2, 0.25) is 12.6 Å². The van der Waals surface area contributed by atoms with E-state index in [0.717, 1.165) is 13.0 Å². The molecule has 0 N–H and O–H groups in total. The van der Waals surface area contributed by atoms with E-state index in [2.05, 4.69) is 72.3 Å². The fourth-order valence-electron chi connectivity index (χ4n) is 4.17. The predicted molar refractivity (Wildman–Crippen MR) is 91.0 cm³/mol. The first-order chi connectivity index (χ1) is 10.7. The van der Waals surface area contributed by atoms with Crippen LogP contribution in [0.15, 0.2) is 60.7 Å². The van der Waals surface area contributed by atoms with Crippen molar-refractivity contribution in [3.05, 3.63) is 71.8 Å². The van der Waals surface area contributed by atoms with Crippen LogP contribution in [-0.2, 0) is 10.3 Å². The van der Waals surface area contributed by atoms with E-state index < -0.39 is 5.60 Å². The zero-order chi connectivity index (χ0) is 15.2. The van der Waals surface area contributed by atoms with Crippen LogP contribution in [0.25, 0.3) is 0 Å². The first-order valence-corrected chi connectivity index (χ1v) is 8.02. The summed E-state index contributed by atoms with van der Waals surface area (Å²) in [6, 6.07) is 21.5. The number of nitrogens with zero attached hydrogens (tertiary/aromatic N) is 1. The van der Waals surface area contributed by atoms with E-state index in [0.29, 0.717) is 6.04 Å². The van der Waals surface area contributed by atoms with Crippen molar-refractivity contribution in [2.24, 2.45) is 0 Å². The summed E-state index contributed by atoms with van der Waals surface area (Å²) in [5.41, 5.74) is 2.01. The van der Waals surface area contributed by atoms with Crippen molar-refractivity contribution in [1.82, 2.24) is 4.81 Å². The lowest BCUT2D eigenvalue weighted by Crippen LogP contribution is -2.41. The maximum Gasteiger partial charge on any atom is 0.380 e. The second kappa shape index (κ2) is 5.29. The lowest BCUT2D eigenvalue weighted by Gasteiger charge is -2.36. The van der Waals surface area contributed by atoms with Crippen LogP contribution in [0.4, 0.5) is 0 Å². The molecule has 2 aliphatic rings. The predicted octanol–water partition coefficient (Wildman–Crippen LogP) is 3.11. The molecule has 108 valence electrons. The van der Waals surface area contributed by atoms with E-state index >= 15 is 0 Å². The average Bonchev–Trinajstić information content (AvgIpc) is 3.07. The van der Waals surface area contributed by atoms with Crippen LogP contribution in [0.3, 0.4) is 0 Å². The molecule has 2 aliphatic heterocycles. The van der Waals surface area contributed by atoms with Crippen LogP contribution in [0, 0.1) is 0 Å². The first-order valence-electron chi connectivity index (χ1n) is 8.02. The highest BCUT2D eigenvalue weighted by atomic mass is 16.5. The molecule has 2 atom stereocenters. The van der Waals surface area contributed by atoms with E-state index in [-0.39, 0.29) is 12.9 Å². The topological polar surface area (TPSA) is 12.5 Å². The van der Waals surface area contributed by atoms with Crippen molar-refractivity contribution >= 4 is 14.9 Å². The van der Waals surface area contributed by atoms with Crippen molar-refractivity contribution in [2.45, 2.75) is 30.7 Å². The van der Waals surface area contributed by atoms with Crippen LogP contribution in [0.1, 0.15) is 17.5 Å². The van der Waals surface area contributed by atoms with Gasteiger partial charge in [0.25, 0.3) is 0 Å². The van der Waals surface area contributed by atoms with Gasteiger partial charge in [0.1, 0.15) is 5.60 Å². The smallest absolute Gasteiger partial charge is 0.380 e. The summed E-state index contributed by atoms with van der Waals surface area (Å²) in [4.78, 5) is 2.42. The zero-order valence-electron chi connectivity index (χ0n) is 12.9. The summed E-state index contributed by atoms with van der Waals surface area (Å²) >= 11 is 0. The second-order valence-corrected chi connectivity index (χ2v) is 6.39. The van der Waals surface area contributed by atoms with Gasteiger partial charge in [-0.25, -0.2) is 0 Å². The number of rotatable bonds is 2. The SMILES string of the molecule is [B]C1CC2N(C1)B(C)OC2(c1ccccc1)c1ccccc1. The molecule has 2 heterocycles. The molecule has 4 rings (SSSR count). The highest BCUT2D eigenvalue weighted by Gasteiger charge is 2.57. The molecular weight excluding hydrogens is 268 g/mol. The molecule has 2 saturated heterocycles. The Morgan fingerprint density at radius 3 is 2.14 bits per heavy atom. The highest BCUT2D eigenvalue weighted by Crippen LogP contribution is 2.50. The van der Waals surface area contributed by atoms with E-state index in [1.807, 2.05) is 0 Å². The molecule has 0 saturated carbocycles. The van der Waals surface area contributed by atoms with Crippen LogP contribution >= 0.6 is 0 Å². The normalized spacial score (nSPS) is 27.0. The molecule has 0 aromatic heterocycles. The third-order valence-corrected chi connectivity index (χ3v) is 5.07. The Morgan fingerprint density at radius 2 is 1.59 bits per heavy atom. The molecule has 2 fully saturated rings. The second-order valence-electron chi connectivity index (χ2n) is 6.39. The molecule has 0 aliphatic carbocycles. The van der Waals surface area contributed by atoms with Gasteiger partial charge in [0.2, 0.25) is 0 Å². The maximum absolute atomic E-state index is 6.61. The minimum Gasteiger partial charge on any atom is -0.406 e. The summed E-state index contributed by atoms with van der Waals surface area (Å²) in [5, 5.41) is 0. The van der Waals surface area contributed by atoms with Crippen molar-refractivity contribution in [1.29, 1.82) is 0 Å². The van der Waals surface area contributed by atoms with Crippen LogP contribution in [-0.4, -0.2) is 32.3 Å². The Morgan fingerprint density at radius 1 is 1.05 bits per heavy atom. The van der Waals surface area contributed by atoms with E-state index in [1.54, 1.807) is 0 Å². The van der Waals surface area contributed by atoms with Crippen LogP contribution in [0.5, 0.6) is 0 Å². The van der Waals surface area contributed by atoms with Gasteiger partial charge in [-0.2, -0.15) is 0 Å². The molecular formula is C18H19B2NO. The number of benzene rings is 2. The van der Waals surface area contributed by atoms with E-state index in [1.165, 1.54) is 11.1 Å². The maximum atomic E-state index is 6.61. The largest absolute Gasteiger partial charge is 0.406 e. The summed E-state index contributed by atoms with van der Waals surface area (Å²) in [6.45, 7) is 3.05. The van der Waals surface area contributed by atoms with Gasteiger partial charge in [0, 0.05) is 6.04 Å². The molecule has 4 heteroatoms. The van der Waals surface area contributed by atoms with Gasteiger partial charge >= 0.3 is 7.05 Å². The summed E-state index contributed by atoms with van der Waals surface area (Å²) in [7, 11) is 6.35. The molecule has 2 aromatic rings. The third-order valence-electron chi connectivity index (χ3n) is 5.07. The van der Waals surface area contributed by atoms with Crippen molar-refractivity contribution < 1.29 is 4.65 Å². The fraction of sp³-hybridized carbons (Fsp3) is 0.333. The van der Waals surface area contributed by atoms with Gasteiger partial charge in [0.05, 0.1) is 7.85 Å². The zero-order valence-corrected chi connectivity index (χ0v) is 12.9.